The van der Waals surface area contributed by atoms with Gasteiger partial charge < -0.3 is 24.8 Å². The average molecular weight is 620 g/mol. The van der Waals surface area contributed by atoms with Crippen molar-refractivity contribution in [1.82, 2.24) is 29.7 Å². The first-order valence-electron chi connectivity index (χ1n) is 15.8. The van der Waals surface area contributed by atoms with Crippen molar-refractivity contribution < 1.29 is 14.3 Å². The molecule has 1 fully saturated rings. The molecule has 46 heavy (non-hydrogen) atoms. The first-order chi connectivity index (χ1) is 22.1. The number of amides is 2. The van der Waals surface area contributed by atoms with Gasteiger partial charge in [-0.05, 0) is 93.3 Å². The zero-order valence-corrected chi connectivity index (χ0v) is 27.0. The van der Waals surface area contributed by atoms with Gasteiger partial charge in [0.25, 0.3) is 0 Å². The number of anilines is 1. The van der Waals surface area contributed by atoms with Crippen LogP contribution in [-0.2, 0) is 16.6 Å². The van der Waals surface area contributed by atoms with Crippen LogP contribution < -0.4 is 10.6 Å². The van der Waals surface area contributed by atoms with E-state index in [0.717, 1.165) is 51.8 Å². The fraction of sp³-hybridized carbons (Fsp3) is 0.361. The van der Waals surface area contributed by atoms with E-state index in [1.807, 2.05) is 17.2 Å². The Balaban J connectivity index is 1.24. The maximum Gasteiger partial charge on any atom is 0.408 e. The van der Waals surface area contributed by atoms with Crippen molar-refractivity contribution >= 4 is 39.6 Å². The third-order valence-electron chi connectivity index (χ3n) is 8.56. The highest BCUT2D eigenvalue weighted by molar-refractivity contribution is 5.97. The number of carbonyl (C=O) groups is 2. The number of hydrogen-bond donors (Lipinski definition) is 2. The van der Waals surface area contributed by atoms with Gasteiger partial charge in [0.1, 0.15) is 11.6 Å². The molecule has 2 amide bonds. The highest BCUT2D eigenvalue weighted by atomic mass is 16.6. The molecule has 4 heterocycles. The van der Waals surface area contributed by atoms with Crippen molar-refractivity contribution in [2.75, 3.05) is 18.4 Å². The van der Waals surface area contributed by atoms with Gasteiger partial charge in [0.15, 0.2) is 0 Å². The van der Waals surface area contributed by atoms with Crippen molar-refractivity contribution in [2.45, 2.75) is 58.2 Å². The molecule has 6 rings (SSSR count). The summed E-state index contributed by atoms with van der Waals surface area (Å²) in [6.07, 6.45) is 10.2. The molecular weight excluding hydrogens is 578 g/mol. The second kappa shape index (κ2) is 12.8. The summed E-state index contributed by atoms with van der Waals surface area (Å²) in [5.74, 6) is 0.131. The number of ether oxygens (including phenoxy) is 1. The summed E-state index contributed by atoms with van der Waals surface area (Å²) in [6.45, 7) is 8.28. The van der Waals surface area contributed by atoms with E-state index >= 15 is 0 Å². The lowest BCUT2D eigenvalue weighted by atomic mass is 9.85. The highest BCUT2D eigenvalue weighted by Gasteiger charge is 2.32. The molecule has 2 N–H and O–H groups in total. The zero-order valence-electron chi connectivity index (χ0n) is 27.0. The zero-order chi connectivity index (χ0) is 32.4. The SMILES string of the molecule is CC(NC(=O)OC(C)(C)C)C(=O)N1CCC(C(Nc2cc(-c3ccc4ccn(C)c4c3)c3nccnc3c2)c2cccnc2)CC1. The molecular formula is C36H41N7O3. The van der Waals surface area contributed by atoms with E-state index in [2.05, 4.69) is 80.9 Å². The summed E-state index contributed by atoms with van der Waals surface area (Å²) in [5, 5.41) is 7.71. The van der Waals surface area contributed by atoms with E-state index in [1.165, 1.54) is 5.39 Å². The number of alkyl carbamates (subject to hydrolysis) is 1. The summed E-state index contributed by atoms with van der Waals surface area (Å²) in [7, 11) is 2.05. The Hall–Kier alpha value is -4.99. The number of aromatic nitrogens is 4. The molecule has 0 aliphatic carbocycles. The van der Waals surface area contributed by atoms with E-state index in [4.69, 9.17) is 9.72 Å². The smallest absolute Gasteiger partial charge is 0.408 e. The second-order valence-corrected chi connectivity index (χ2v) is 13.1. The van der Waals surface area contributed by atoms with Gasteiger partial charge in [-0.25, -0.2) is 4.79 Å². The van der Waals surface area contributed by atoms with Crippen LogP contribution in [0.25, 0.3) is 33.1 Å². The normalized spacial score (nSPS) is 15.5. The predicted octanol–water partition coefficient (Wildman–Crippen LogP) is 6.49. The molecule has 10 nitrogen and oxygen atoms in total. The quantitative estimate of drug-likeness (QED) is 0.214. The highest BCUT2D eigenvalue weighted by Crippen LogP contribution is 2.37. The minimum atomic E-state index is -0.675. The van der Waals surface area contributed by atoms with Crippen LogP contribution in [0.5, 0.6) is 0 Å². The summed E-state index contributed by atoms with van der Waals surface area (Å²) in [4.78, 5) is 41.1. The number of fused-ring (bicyclic) bond motifs is 2. The first kappa shape index (κ1) is 31.0. The summed E-state index contributed by atoms with van der Waals surface area (Å²) >= 11 is 0. The number of piperidine rings is 1. The fourth-order valence-electron chi connectivity index (χ4n) is 6.29. The number of pyridine rings is 1. The van der Waals surface area contributed by atoms with E-state index in [-0.39, 0.29) is 17.9 Å². The molecule has 0 saturated carbocycles. The number of aryl methyl sites for hydroxylation is 1. The van der Waals surface area contributed by atoms with Crippen LogP contribution in [0.1, 0.15) is 52.1 Å². The van der Waals surface area contributed by atoms with Gasteiger partial charge in [0.2, 0.25) is 5.91 Å². The predicted molar refractivity (Wildman–Crippen MR) is 180 cm³/mol. The van der Waals surface area contributed by atoms with Crippen molar-refractivity contribution in [1.29, 1.82) is 0 Å². The molecule has 1 saturated heterocycles. The van der Waals surface area contributed by atoms with Gasteiger partial charge in [0.05, 0.1) is 17.1 Å². The van der Waals surface area contributed by atoms with Gasteiger partial charge >= 0.3 is 6.09 Å². The third kappa shape index (κ3) is 6.80. The summed E-state index contributed by atoms with van der Waals surface area (Å²) in [6, 6.07) is 16.2. The monoisotopic (exact) mass is 619 g/mol. The number of nitrogens with zero attached hydrogens (tertiary/aromatic N) is 5. The van der Waals surface area contributed by atoms with Crippen molar-refractivity contribution in [3.8, 4) is 11.1 Å². The Labute approximate surface area is 269 Å². The third-order valence-corrected chi connectivity index (χ3v) is 8.56. The standard InChI is InChI=1S/C36H41N7O3/c1-23(40-35(45)46-36(2,3)4)34(44)43-17-11-25(12-18-43)32(27-7-6-13-37-22-27)41-28-20-29(33-30(21-28)38-14-15-39-33)26-9-8-24-10-16-42(5)31(24)19-26/h6-10,13-16,19-23,25,32,41H,11-12,17-18H2,1-5H3,(H,40,45). The first-order valence-corrected chi connectivity index (χ1v) is 15.8. The summed E-state index contributed by atoms with van der Waals surface area (Å²) in [5.41, 5.74) is 6.28. The summed E-state index contributed by atoms with van der Waals surface area (Å²) < 4.78 is 7.46. The van der Waals surface area contributed by atoms with Crippen molar-refractivity contribution in [3.63, 3.8) is 0 Å². The lowest BCUT2D eigenvalue weighted by Crippen LogP contribution is -2.50. The lowest BCUT2D eigenvalue weighted by Gasteiger charge is -2.38. The average Bonchev–Trinajstić information content (AvgIpc) is 3.42. The molecule has 2 atom stereocenters. The maximum atomic E-state index is 13.2. The number of hydrogen-bond acceptors (Lipinski definition) is 7. The molecule has 2 unspecified atom stereocenters. The van der Waals surface area contributed by atoms with Gasteiger partial charge in [-0.1, -0.05) is 18.2 Å². The van der Waals surface area contributed by atoms with Gasteiger partial charge in [0, 0.05) is 67.9 Å². The number of nitrogens with one attached hydrogen (secondary N) is 2. The van der Waals surface area contributed by atoms with Gasteiger partial charge in [-0.3, -0.25) is 19.7 Å². The van der Waals surface area contributed by atoms with E-state index in [1.54, 1.807) is 46.3 Å². The van der Waals surface area contributed by atoms with Crippen molar-refractivity contribution in [3.05, 3.63) is 85.1 Å². The minimum absolute atomic E-state index is 0.0411. The van der Waals surface area contributed by atoms with Crippen LogP contribution in [0, 0.1) is 5.92 Å². The molecule has 5 aromatic rings. The van der Waals surface area contributed by atoms with Crippen molar-refractivity contribution in [2.24, 2.45) is 13.0 Å². The minimum Gasteiger partial charge on any atom is -0.444 e. The molecule has 0 radical (unpaired) electrons. The van der Waals surface area contributed by atoms with E-state index in [9.17, 15) is 9.59 Å². The molecule has 1 aliphatic heterocycles. The fourth-order valence-corrected chi connectivity index (χ4v) is 6.29. The number of carbonyl (C=O) groups excluding carboxylic acids is 2. The number of likely N-dealkylation sites (tertiary alicyclic amines) is 1. The molecule has 2 aromatic carbocycles. The van der Waals surface area contributed by atoms with Crippen LogP contribution in [0.4, 0.5) is 10.5 Å². The van der Waals surface area contributed by atoms with Gasteiger partial charge in [-0.2, -0.15) is 0 Å². The Morgan fingerprint density at radius 3 is 2.52 bits per heavy atom. The van der Waals surface area contributed by atoms with Crippen LogP contribution in [-0.4, -0.2) is 61.2 Å². The van der Waals surface area contributed by atoms with Crippen LogP contribution in [0.3, 0.4) is 0 Å². The molecule has 0 bridgehead atoms. The number of benzene rings is 2. The molecule has 3 aromatic heterocycles. The van der Waals surface area contributed by atoms with Crippen LogP contribution in [0.2, 0.25) is 0 Å². The van der Waals surface area contributed by atoms with Crippen LogP contribution >= 0.6 is 0 Å². The maximum absolute atomic E-state index is 13.2. The Morgan fingerprint density at radius 2 is 1.78 bits per heavy atom. The molecule has 10 heteroatoms. The lowest BCUT2D eigenvalue weighted by molar-refractivity contribution is -0.134. The number of rotatable bonds is 7. The van der Waals surface area contributed by atoms with Gasteiger partial charge in [-0.15, -0.1) is 0 Å². The largest absolute Gasteiger partial charge is 0.444 e. The Bertz CT molecular complexity index is 1860. The molecule has 0 spiro atoms. The molecule has 238 valence electrons. The second-order valence-electron chi connectivity index (χ2n) is 13.1. The van der Waals surface area contributed by atoms with E-state index in [0.29, 0.717) is 13.1 Å². The Morgan fingerprint density at radius 1 is 1.00 bits per heavy atom. The topological polar surface area (TPSA) is 114 Å². The molecule has 1 aliphatic rings. The van der Waals surface area contributed by atoms with Crippen LogP contribution in [0.15, 0.2) is 79.5 Å². The van der Waals surface area contributed by atoms with E-state index < -0.39 is 17.7 Å². The Kier molecular flexibility index (Phi) is 8.62.